The van der Waals surface area contributed by atoms with Gasteiger partial charge in [0, 0.05) is 25.2 Å². The first-order valence-electron chi connectivity index (χ1n) is 9.47. The highest BCUT2D eigenvalue weighted by atomic mass is 19.4. The molecule has 1 amide bonds. The molecule has 0 atom stereocenters. The van der Waals surface area contributed by atoms with E-state index in [1.165, 1.54) is 18.2 Å². The number of benzene rings is 1. The van der Waals surface area contributed by atoms with E-state index in [0.717, 1.165) is 44.4 Å². The monoisotopic (exact) mass is 382 g/mol. The van der Waals surface area contributed by atoms with Gasteiger partial charge in [-0.15, -0.1) is 0 Å². The van der Waals surface area contributed by atoms with Gasteiger partial charge in [-0.1, -0.05) is 19.1 Å². The van der Waals surface area contributed by atoms with Gasteiger partial charge in [-0.2, -0.15) is 13.2 Å². The fourth-order valence-electron chi connectivity index (χ4n) is 3.42. The first-order valence-corrected chi connectivity index (χ1v) is 9.47. The zero-order chi connectivity index (χ0) is 20.0. The Morgan fingerprint density at radius 2 is 1.81 bits per heavy atom. The fraction of sp³-hybridized carbons (Fsp3) is 0.571. The Labute approximate surface area is 159 Å². The summed E-state index contributed by atoms with van der Waals surface area (Å²) in [6.07, 6.45) is 2.68. The van der Waals surface area contributed by atoms with Crippen molar-refractivity contribution in [3.63, 3.8) is 0 Å². The molecule has 150 valence electrons. The second-order valence-corrected chi connectivity index (χ2v) is 7.71. The minimum atomic E-state index is -4.38. The molecule has 0 spiro atoms. The van der Waals surface area contributed by atoms with E-state index in [4.69, 9.17) is 0 Å². The summed E-state index contributed by atoms with van der Waals surface area (Å²) in [5.41, 5.74) is -0.328. The average Bonchev–Trinajstić information content (AvgIpc) is 2.61. The van der Waals surface area contributed by atoms with Crippen molar-refractivity contribution in [3.8, 4) is 0 Å². The Bertz CT molecular complexity index is 647. The van der Waals surface area contributed by atoms with Gasteiger partial charge in [0.15, 0.2) is 0 Å². The number of hydrogen-bond donors (Lipinski definition) is 0. The SMILES string of the molecule is CC1CCC(N(CCN(C)C)C(=O)/C=C/c2cccc(C(F)(F)F)c2)CC1. The Hall–Kier alpha value is -1.82. The molecule has 1 aromatic carbocycles. The van der Waals surface area contributed by atoms with E-state index in [1.54, 1.807) is 6.07 Å². The second-order valence-electron chi connectivity index (χ2n) is 7.71. The van der Waals surface area contributed by atoms with Crippen LogP contribution in [0.15, 0.2) is 30.3 Å². The van der Waals surface area contributed by atoms with Crippen LogP contribution in [0.4, 0.5) is 13.2 Å². The van der Waals surface area contributed by atoms with Gasteiger partial charge in [-0.3, -0.25) is 4.79 Å². The van der Waals surface area contributed by atoms with Gasteiger partial charge in [-0.25, -0.2) is 0 Å². The molecule has 0 bridgehead atoms. The van der Waals surface area contributed by atoms with Crippen LogP contribution in [-0.4, -0.2) is 48.9 Å². The van der Waals surface area contributed by atoms with E-state index in [1.807, 2.05) is 23.9 Å². The molecule has 0 unspecified atom stereocenters. The van der Waals surface area contributed by atoms with Crippen LogP contribution < -0.4 is 0 Å². The zero-order valence-electron chi connectivity index (χ0n) is 16.3. The van der Waals surface area contributed by atoms with Crippen molar-refractivity contribution in [1.29, 1.82) is 0 Å². The Balaban J connectivity index is 2.11. The molecular weight excluding hydrogens is 353 g/mol. The fourth-order valence-corrected chi connectivity index (χ4v) is 3.42. The van der Waals surface area contributed by atoms with Gasteiger partial charge in [0.1, 0.15) is 0 Å². The van der Waals surface area contributed by atoms with Gasteiger partial charge < -0.3 is 9.80 Å². The number of carbonyl (C=O) groups is 1. The molecule has 0 heterocycles. The van der Waals surface area contributed by atoms with Gasteiger partial charge in [0.25, 0.3) is 0 Å². The molecule has 0 N–H and O–H groups in total. The van der Waals surface area contributed by atoms with Crippen molar-refractivity contribution in [3.05, 3.63) is 41.5 Å². The van der Waals surface area contributed by atoms with Crippen molar-refractivity contribution in [2.75, 3.05) is 27.2 Å². The van der Waals surface area contributed by atoms with E-state index in [-0.39, 0.29) is 11.9 Å². The minimum absolute atomic E-state index is 0.131. The molecule has 0 radical (unpaired) electrons. The Morgan fingerprint density at radius 1 is 1.15 bits per heavy atom. The first-order chi connectivity index (χ1) is 12.7. The topological polar surface area (TPSA) is 23.6 Å². The molecule has 27 heavy (non-hydrogen) atoms. The zero-order valence-corrected chi connectivity index (χ0v) is 16.3. The van der Waals surface area contributed by atoms with Crippen LogP contribution in [-0.2, 0) is 11.0 Å². The largest absolute Gasteiger partial charge is 0.416 e. The summed E-state index contributed by atoms with van der Waals surface area (Å²) < 4.78 is 38.5. The number of rotatable bonds is 6. The maximum absolute atomic E-state index is 12.8. The molecule has 2 rings (SSSR count). The lowest BCUT2D eigenvalue weighted by Gasteiger charge is -2.36. The van der Waals surface area contributed by atoms with Crippen molar-refractivity contribution < 1.29 is 18.0 Å². The standard InChI is InChI=1S/C21H29F3N2O/c1-16-7-10-19(11-8-16)26(14-13-25(2)3)20(27)12-9-17-5-4-6-18(15-17)21(22,23)24/h4-6,9,12,15-16,19H,7-8,10-11,13-14H2,1-3H3/b12-9+. The van der Waals surface area contributed by atoms with Gasteiger partial charge in [-0.05, 0) is 69.5 Å². The predicted octanol–water partition coefficient (Wildman–Crippen LogP) is 4.69. The van der Waals surface area contributed by atoms with E-state index in [2.05, 4.69) is 6.92 Å². The maximum atomic E-state index is 12.8. The van der Waals surface area contributed by atoms with E-state index in [9.17, 15) is 18.0 Å². The van der Waals surface area contributed by atoms with Gasteiger partial charge in [0.2, 0.25) is 5.91 Å². The molecule has 6 heteroatoms. The number of likely N-dealkylation sites (N-methyl/N-ethyl adjacent to an activating group) is 1. The lowest BCUT2D eigenvalue weighted by Crippen LogP contribution is -2.44. The number of halogens is 3. The van der Waals surface area contributed by atoms with Crippen LogP contribution in [0, 0.1) is 5.92 Å². The maximum Gasteiger partial charge on any atom is 0.416 e. The van der Waals surface area contributed by atoms with Crippen molar-refractivity contribution in [2.45, 2.75) is 44.8 Å². The highest BCUT2D eigenvalue weighted by Crippen LogP contribution is 2.30. The summed E-state index contributed by atoms with van der Waals surface area (Å²) in [6.45, 7) is 3.61. The molecule has 1 aliphatic carbocycles. The lowest BCUT2D eigenvalue weighted by molar-refractivity contribution is -0.137. The summed E-state index contributed by atoms with van der Waals surface area (Å²) in [6, 6.07) is 5.24. The Morgan fingerprint density at radius 3 is 2.41 bits per heavy atom. The van der Waals surface area contributed by atoms with E-state index in [0.29, 0.717) is 18.0 Å². The van der Waals surface area contributed by atoms with Crippen LogP contribution in [0.5, 0.6) is 0 Å². The molecule has 3 nitrogen and oxygen atoms in total. The van der Waals surface area contributed by atoms with Gasteiger partial charge >= 0.3 is 6.18 Å². The molecule has 1 fully saturated rings. The van der Waals surface area contributed by atoms with Crippen molar-refractivity contribution in [1.82, 2.24) is 9.80 Å². The third kappa shape index (κ3) is 6.69. The molecule has 1 aromatic rings. The summed E-state index contributed by atoms with van der Waals surface area (Å²) in [4.78, 5) is 16.7. The summed E-state index contributed by atoms with van der Waals surface area (Å²) in [7, 11) is 3.92. The van der Waals surface area contributed by atoms with Crippen molar-refractivity contribution in [2.24, 2.45) is 5.92 Å². The van der Waals surface area contributed by atoms with Crippen molar-refractivity contribution >= 4 is 12.0 Å². The molecular formula is C21H29F3N2O. The molecule has 0 saturated heterocycles. The highest BCUT2D eigenvalue weighted by molar-refractivity contribution is 5.92. The summed E-state index contributed by atoms with van der Waals surface area (Å²) in [5, 5.41) is 0. The number of nitrogens with zero attached hydrogens (tertiary/aromatic N) is 2. The highest BCUT2D eigenvalue weighted by Gasteiger charge is 2.30. The predicted molar refractivity (Wildman–Crippen MR) is 102 cm³/mol. The Kier molecular flexibility index (Phi) is 7.48. The molecule has 1 saturated carbocycles. The number of alkyl halides is 3. The van der Waals surface area contributed by atoms with E-state index < -0.39 is 11.7 Å². The average molecular weight is 382 g/mol. The van der Waals surface area contributed by atoms with Crippen LogP contribution in [0.2, 0.25) is 0 Å². The lowest BCUT2D eigenvalue weighted by atomic mass is 9.86. The first kappa shape index (κ1) is 21.5. The summed E-state index contributed by atoms with van der Waals surface area (Å²) >= 11 is 0. The van der Waals surface area contributed by atoms with E-state index >= 15 is 0 Å². The van der Waals surface area contributed by atoms with Crippen LogP contribution in [0.3, 0.4) is 0 Å². The third-order valence-corrected chi connectivity index (χ3v) is 5.13. The summed E-state index contributed by atoms with van der Waals surface area (Å²) in [5.74, 6) is 0.557. The molecule has 0 aliphatic heterocycles. The van der Waals surface area contributed by atoms with Gasteiger partial charge in [0.05, 0.1) is 5.56 Å². The van der Waals surface area contributed by atoms with Crippen LogP contribution >= 0.6 is 0 Å². The third-order valence-electron chi connectivity index (χ3n) is 5.13. The quantitative estimate of drug-likeness (QED) is 0.667. The van der Waals surface area contributed by atoms with Crippen LogP contribution in [0.25, 0.3) is 6.08 Å². The normalized spacial score (nSPS) is 21.0. The molecule has 0 aromatic heterocycles. The minimum Gasteiger partial charge on any atom is -0.335 e. The number of amides is 1. The van der Waals surface area contributed by atoms with Crippen LogP contribution in [0.1, 0.15) is 43.7 Å². The number of carbonyl (C=O) groups excluding carboxylic acids is 1. The second kappa shape index (κ2) is 9.40. The smallest absolute Gasteiger partial charge is 0.335 e. The molecule has 1 aliphatic rings. The number of hydrogen-bond acceptors (Lipinski definition) is 2.